The number of nitrogens with one attached hydrogen (secondary N) is 2. The molecular formula is C11H17N5O3. The lowest BCUT2D eigenvalue weighted by Gasteiger charge is -2.52. The molecule has 1 heterocycles. The van der Waals surface area contributed by atoms with Crippen LogP contribution in [0.1, 0.15) is 6.92 Å². The van der Waals surface area contributed by atoms with Crippen molar-refractivity contribution in [3.63, 3.8) is 0 Å². The average Bonchev–Trinajstić information content (AvgIpc) is 2.42. The molecule has 0 radical (unpaired) electrons. The van der Waals surface area contributed by atoms with E-state index in [1.165, 1.54) is 0 Å². The highest BCUT2D eigenvalue weighted by molar-refractivity contribution is 5.98. The van der Waals surface area contributed by atoms with Gasteiger partial charge in [-0.3, -0.25) is 10.6 Å². The number of benzene rings is 1. The Morgan fingerprint density at radius 3 is 2.74 bits per heavy atom. The van der Waals surface area contributed by atoms with E-state index in [9.17, 15) is 10.4 Å². The van der Waals surface area contributed by atoms with Crippen LogP contribution in [0, 0.1) is 10.6 Å². The quantitative estimate of drug-likeness (QED) is 0.464. The van der Waals surface area contributed by atoms with Crippen LogP contribution in [0.2, 0.25) is 0 Å². The Balaban J connectivity index is 2.57. The van der Waals surface area contributed by atoms with Crippen LogP contribution in [-0.2, 0) is 0 Å². The SMILES string of the molecule is CCNN1C(=N)N(O)c2ccccc2[N+]1([O-])CCO. The molecule has 104 valence electrons. The van der Waals surface area contributed by atoms with Crippen molar-refractivity contribution in [3.05, 3.63) is 29.5 Å². The minimum atomic E-state index is -1.06. The smallest absolute Gasteiger partial charge is 0.289 e. The molecule has 1 atom stereocenters. The van der Waals surface area contributed by atoms with Crippen LogP contribution in [0.5, 0.6) is 0 Å². The fourth-order valence-electron chi connectivity index (χ4n) is 2.10. The van der Waals surface area contributed by atoms with Gasteiger partial charge in [-0.25, -0.2) is 4.76 Å². The molecule has 1 aliphatic heterocycles. The Bertz CT molecular complexity index is 483. The van der Waals surface area contributed by atoms with E-state index < -0.39 is 4.76 Å². The van der Waals surface area contributed by atoms with Crippen molar-refractivity contribution in [3.8, 4) is 0 Å². The van der Waals surface area contributed by atoms with Crippen LogP contribution < -0.4 is 15.2 Å². The third-order valence-electron chi connectivity index (χ3n) is 2.92. The van der Waals surface area contributed by atoms with Crippen molar-refractivity contribution in [1.82, 2.24) is 15.3 Å². The number of nitrogens with zero attached hydrogens (tertiary/aromatic N) is 3. The number of hydrogen-bond donors (Lipinski definition) is 4. The van der Waals surface area contributed by atoms with Gasteiger partial charge in [-0.15, -0.1) is 5.12 Å². The van der Waals surface area contributed by atoms with Crippen molar-refractivity contribution in [2.45, 2.75) is 6.92 Å². The summed E-state index contributed by atoms with van der Waals surface area (Å²) in [6.07, 6.45) is 0. The van der Waals surface area contributed by atoms with Gasteiger partial charge in [-0.2, -0.15) is 10.5 Å². The molecule has 8 nitrogen and oxygen atoms in total. The van der Waals surface area contributed by atoms with E-state index >= 15 is 0 Å². The van der Waals surface area contributed by atoms with Crippen LogP contribution in [0.3, 0.4) is 0 Å². The number of hydrazine groups is 1. The topological polar surface area (TPSA) is 106 Å². The van der Waals surface area contributed by atoms with Crippen LogP contribution in [-0.4, -0.2) is 41.1 Å². The number of rotatable bonds is 4. The minimum Gasteiger partial charge on any atom is -0.600 e. The van der Waals surface area contributed by atoms with E-state index in [1.807, 2.05) is 0 Å². The van der Waals surface area contributed by atoms with Gasteiger partial charge in [0.1, 0.15) is 12.2 Å². The first kappa shape index (κ1) is 13.7. The number of quaternary nitrogens is 1. The molecule has 1 aromatic rings. The maximum atomic E-state index is 13.0. The number of anilines is 1. The predicted octanol–water partition coefficient (Wildman–Crippen LogP) is 0.369. The van der Waals surface area contributed by atoms with Crippen LogP contribution in [0.25, 0.3) is 0 Å². The molecule has 0 fully saturated rings. The molecule has 0 bridgehead atoms. The van der Waals surface area contributed by atoms with E-state index in [4.69, 9.17) is 10.5 Å². The zero-order valence-corrected chi connectivity index (χ0v) is 10.6. The van der Waals surface area contributed by atoms with Crippen molar-refractivity contribution < 1.29 is 10.3 Å². The summed E-state index contributed by atoms with van der Waals surface area (Å²) in [6, 6.07) is 6.46. The highest BCUT2D eigenvalue weighted by Crippen LogP contribution is 2.38. The van der Waals surface area contributed by atoms with Gasteiger partial charge in [0.05, 0.1) is 6.61 Å². The molecule has 0 aromatic heterocycles. The molecule has 0 saturated heterocycles. The lowest BCUT2D eigenvalue weighted by atomic mass is 10.2. The maximum Gasteiger partial charge on any atom is 0.289 e. The van der Waals surface area contributed by atoms with Crippen LogP contribution in [0.15, 0.2) is 24.3 Å². The molecule has 2 rings (SSSR count). The van der Waals surface area contributed by atoms with E-state index in [0.29, 0.717) is 11.6 Å². The van der Waals surface area contributed by atoms with Crippen molar-refractivity contribution in [1.29, 1.82) is 5.41 Å². The van der Waals surface area contributed by atoms with E-state index in [0.717, 1.165) is 5.12 Å². The Morgan fingerprint density at radius 1 is 1.42 bits per heavy atom. The summed E-state index contributed by atoms with van der Waals surface area (Å²) in [5.41, 5.74) is 3.24. The predicted molar refractivity (Wildman–Crippen MR) is 71.1 cm³/mol. The first-order valence-electron chi connectivity index (χ1n) is 5.97. The summed E-state index contributed by atoms with van der Waals surface area (Å²) < 4.78 is -1.06. The zero-order valence-electron chi connectivity index (χ0n) is 10.6. The van der Waals surface area contributed by atoms with E-state index in [-0.39, 0.29) is 30.5 Å². The summed E-state index contributed by atoms with van der Waals surface area (Å²) >= 11 is 0. The first-order valence-corrected chi connectivity index (χ1v) is 5.97. The number of para-hydroxylation sites is 2. The molecule has 0 spiro atoms. The summed E-state index contributed by atoms with van der Waals surface area (Å²) in [5.74, 6) is -0.385. The van der Waals surface area contributed by atoms with Gasteiger partial charge in [0.25, 0.3) is 5.96 Å². The third kappa shape index (κ3) is 2.05. The van der Waals surface area contributed by atoms with Gasteiger partial charge in [-0.05, 0) is 6.07 Å². The minimum absolute atomic E-state index is 0.153. The van der Waals surface area contributed by atoms with Crippen molar-refractivity contribution >= 4 is 17.3 Å². The summed E-state index contributed by atoms with van der Waals surface area (Å²) in [4.78, 5) is 0. The first-order chi connectivity index (χ1) is 9.06. The highest BCUT2D eigenvalue weighted by Gasteiger charge is 2.42. The highest BCUT2D eigenvalue weighted by atomic mass is 16.6. The molecule has 0 aliphatic carbocycles. The fourth-order valence-corrected chi connectivity index (χ4v) is 2.10. The molecule has 0 amide bonds. The van der Waals surface area contributed by atoms with Gasteiger partial charge in [-0.1, -0.05) is 19.1 Å². The second-order valence-corrected chi connectivity index (χ2v) is 4.10. The van der Waals surface area contributed by atoms with Gasteiger partial charge >= 0.3 is 0 Å². The molecule has 8 heteroatoms. The Kier molecular flexibility index (Phi) is 3.69. The molecule has 1 unspecified atom stereocenters. The van der Waals surface area contributed by atoms with Crippen molar-refractivity contribution in [2.24, 2.45) is 0 Å². The fraction of sp³-hybridized carbons (Fsp3) is 0.364. The lowest BCUT2D eigenvalue weighted by Crippen LogP contribution is -2.71. The molecular weight excluding hydrogens is 250 g/mol. The number of aliphatic hydroxyl groups excluding tert-OH is 1. The number of hydroxylamine groups is 2. The van der Waals surface area contributed by atoms with Gasteiger partial charge < -0.3 is 10.3 Å². The molecule has 1 aromatic carbocycles. The Hall–Kier alpha value is -1.71. The van der Waals surface area contributed by atoms with E-state index in [1.54, 1.807) is 31.2 Å². The molecule has 4 N–H and O–H groups in total. The largest absolute Gasteiger partial charge is 0.600 e. The number of hydrogen-bond acceptors (Lipinski definition) is 5. The third-order valence-corrected chi connectivity index (χ3v) is 2.92. The average molecular weight is 267 g/mol. The maximum absolute atomic E-state index is 13.0. The monoisotopic (exact) mass is 267 g/mol. The second-order valence-electron chi connectivity index (χ2n) is 4.10. The van der Waals surface area contributed by atoms with Crippen molar-refractivity contribution in [2.75, 3.05) is 24.8 Å². The lowest BCUT2D eigenvalue weighted by molar-refractivity contribution is 0.0250. The zero-order chi connectivity index (χ0) is 14.0. The van der Waals surface area contributed by atoms with Crippen LogP contribution >= 0.6 is 0 Å². The molecule has 1 aliphatic rings. The number of aliphatic hydroxyl groups is 1. The van der Waals surface area contributed by atoms with Gasteiger partial charge in [0.2, 0.25) is 0 Å². The van der Waals surface area contributed by atoms with Gasteiger partial charge in [0.15, 0.2) is 5.69 Å². The Labute approximate surface area is 110 Å². The summed E-state index contributed by atoms with van der Waals surface area (Å²) in [5, 5.41) is 41.5. The van der Waals surface area contributed by atoms with Crippen LogP contribution in [0.4, 0.5) is 11.4 Å². The standard InChI is InChI=1S/C11H17N5O3/c1-2-13-15-11(12)14(18)9-5-3-4-6-10(9)16(15,19)7-8-17/h3-6,12-13,17-18H,2,7-8H2,1H3. The van der Waals surface area contributed by atoms with E-state index in [2.05, 4.69) is 5.43 Å². The summed E-state index contributed by atoms with van der Waals surface area (Å²) in [7, 11) is 0. The second kappa shape index (κ2) is 5.11. The molecule has 19 heavy (non-hydrogen) atoms. The normalized spacial score (nSPS) is 22.6. The Morgan fingerprint density at radius 2 is 2.11 bits per heavy atom. The molecule has 0 saturated carbocycles. The summed E-state index contributed by atoms with van der Waals surface area (Å²) in [6.45, 7) is 1.70. The van der Waals surface area contributed by atoms with Gasteiger partial charge in [0, 0.05) is 12.6 Å². The number of guanidine groups is 1. The number of fused-ring (bicyclic) bond motifs is 1.